The van der Waals surface area contributed by atoms with E-state index in [9.17, 15) is 9.90 Å². The van der Waals surface area contributed by atoms with Crippen LogP contribution in [0.25, 0.3) is 0 Å². The summed E-state index contributed by atoms with van der Waals surface area (Å²) in [6.07, 6.45) is 10.2. The first-order valence-electron chi connectivity index (χ1n) is 10.4. The highest BCUT2D eigenvalue weighted by Gasteiger charge is 2.35. The largest absolute Gasteiger partial charge is 0.393 e. The van der Waals surface area contributed by atoms with Crippen LogP contribution in [0.1, 0.15) is 71.1 Å². The van der Waals surface area contributed by atoms with E-state index in [0.717, 1.165) is 55.9 Å². The van der Waals surface area contributed by atoms with Crippen LogP contribution in [0.3, 0.4) is 0 Å². The fraction of sp³-hybridized carbons (Fsp3) is 0.895. The Morgan fingerprint density at radius 1 is 1.19 bits per heavy atom. The van der Waals surface area contributed by atoms with Crippen molar-refractivity contribution in [1.82, 2.24) is 25.1 Å². The van der Waals surface area contributed by atoms with Crippen molar-refractivity contribution in [3.05, 3.63) is 0 Å². The quantitative estimate of drug-likeness (QED) is 0.715. The average Bonchev–Trinajstić information content (AvgIpc) is 3.09. The number of aliphatic hydroxyl groups excluding tert-OH is 1. The van der Waals surface area contributed by atoms with Gasteiger partial charge in [0.25, 0.3) is 0 Å². The lowest BCUT2D eigenvalue weighted by molar-refractivity contribution is -0.142. The minimum Gasteiger partial charge on any atom is -0.393 e. The summed E-state index contributed by atoms with van der Waals surface area (Å²) in [5.41, 5.74) is 0. The molecule has 1 atom stereocenters. The maximum absolute atomic E-state index is 13.4. The Hall–Kier alpha value is -1.15. The minimum atomic E-state index is -0.182. The lowest BCUT2D eigenvalue weighted by atomic mass is 9.86. The van der Waals surface area contributed by atoms with Gasteiger partial charge in [0.2, 0.25) is 11.1 Å². The van der Waals surface area contributed by atoms with Gasteiger partial charge in [-0.15, -0.1) is 5.10 Å². The zero-order valence-electron chi connectivity index (χ0n) is 16.6. The molecule has 0 aromatic carbocycles. The number of amides is 1. The molecule has 8 heteroatoms. The van der Waals surface area contributed by atoms with Crippen LogP contribution < -0.4 is 0 Å². The lowest BCUT2D eigenvalue weighted by Crippen LogP contribution is -2.51. The highest BCUT2D eigenvalue weighted by atomic mass is 32.2. The van der Waals surface area contributed by atoms with E-state index in [0.29, 0.717) is 18.0 Å². The van der Waals surface area contributed by atoms with E-state index >= 15 is 0 Å². The monoisotopic (exact) mass is 395 g/mol. The van der Waals surface area contributed by atoms with E-state index in [1.54, 1.807) is 16.4 Å². The number of thioether (sulfide) groups is 1. The summed E-state index contributed by atoms with van der Waals surface area (Å²) in [7, 11) is 1.83. The number of carbonyl (C=O) groups is 1. The molecule has 1 unspecified atom stereocenters. The topological polar surface area (TPSA) is 84.1 Å². The van der Waals surface area contributed by atoms with Gasteiger partial charge in [0.1, 0.15) is 0 Å². The Morgan fingerprint density at radius 3 is 2.48 bits per heavy atom. The Bertz CT molecular complexity index is 597. The summed E-state index contributed by atoms with van der Waals surface area (Å²) in [6, 6.07) is 0.701. The van der Waals surface area contributed by atoms with Crippen molar-refractivity contribution in [2.75, 3.05) is 5.75 Å². The summed E-state index contributed by atoms with van der Waals surface area (Å²) in [5, 5.41) is 22.2. The fourth-order valence-corrected chi connectivity index (χ4v) is 5.37. The van der Waals surface area contributed by atoms with Crippen molar-refractivity contribution >= 4 is 17.7 Å². The van der Waals surface area contributed by atoms with E-state index in [2.05, 4.69) is 27.3 Å². The van der Waals surface area contributed by atoms with Crippen LogP contribution in [0.5, 0.6) is 0 Å². The molecule has 3 rings (SSSR count). The second-order valence-electron chi connectivity index (χ2n) is 8.12. The number of hydrogen-bond donors (Lipinski definition) is 1. The highest BCUT2D eigenvalue weighted by Crippen LogP contribution is 2.32. The molecule has 1 aromatic rings. The van der Waals surface area contributed by atoms with Crippen molar-refractivity contribution in [2.24, 2.45) is 13.0 Å². The molecule has 0 saturated heterocycles. The first-order valence-corrected chi connectivity index (χ1v) is 11.4. The number of hydrogen-bond acceptors (Lipinski definition) is 6. The van der Waals surface area contributed by atoms with Gasteiger partial charge in [0.05, 0.1) is 6.10 Å². The van der Waals surface area contributed by atoms with Crippen LogP contribution in [0.2, 0.25) is 0 Å². The van der Waals surface area contributed by atoms with Gasteiger partial charge in [-0.3, -0.25) is 4.79 Å². The normalized spacial score (nSPS) is 25.3. The number of rotatable bonds is 7. The second-order valence-corrected chi connectivity index (χ2v) is 9.19. The highest BCUT2D eigenvalue weighted by molar-refractivity contribution is 7.99. The van der Waals surface area contributed by atoms with Gasteiger partial charge in [-0.1, -0.05) is 37.9 Å². The number of aromatic nitrogens is 4. The molecular formula is C19H33N5O2S. The molecule has 2 aliphatic rings. The predicted octanol–water partition coefficient (Wildman–Crippen LogP) is 2.79. The molecule has 0 radical (unpaired) electrons. The average molecular weight is 396 g/mol. The lowest BCUT2D eigenvalue weighted by Gasteiger charge is -2.43. The molecule has 1 aromatic heterocycles. The molecule has 1 heterocycles. The van der Waals surface area contributed by atoms with Crippen LogP contribution in [-0.4, -0.2) is 60.1 Å². The summed E-state index contributed by atoms with van der Waals surface area (Å²) in [5.74, 6) is 1.15. The van der Waals surface area contributed by atoms with Gasteiger partial charge < -0.3 is 10.0 Å². The molecule has 0 spiro atoms. The molecule has 2 fully saturated rings. The summed E-state index contributed by atoms with van der Waals surface area (Å²) in [6.45, 7) is 2.06. The standard InChI is InChI=1S/C19H33N5O2S/c1-14(12-13-27-19-20-21-22-23(19)2)18(26)24(15-6-4-3-5-7-15)16-8-10-17(25)11-9-16/h14-17,25H,3-13H2,1-2H3. The number of carbonyl (C=O) groups excluding carboxylic acids is 1. The zero-order valence-corrected chi connectivity index (χ0v) is 17.4. The van der Waals surface area contributed by atoms with Crippen LogP contribution in [0, 0.1) is 5.92 Å². The third-order valence-corrected chi connectivity index (χ3v) is 7.11. The van der Waals surface area contributed by atoms with Gasteiger partial charge in [0, 0.05) is 30.8 Å². The molecule has 0 aliphatic heterocycles. The molecule has 2 aliphatic carbocycles. The van der Waals surface area contributed by atoms with E-state index in [4.69, 9.17) is 0 Å². The molecule has 1 amide bonds. The smallest absolute Gasteiger partial charge is 0.225 e. The number of aliphatic hydroxyl groups is 1. The third-order valence-electron chi connectivity index (χ3n) is 6.07. The maximum atomic E-state index is 13.4. The summed E-state index contributed by atoms with van der Waals surface area (Å²) >= 11 is 1.61. The number of tetrazole rings is 1. The van der Waals surface area contributed by atoms with Crippen molar-refractivity contribution in [1.29, 1.82) is 0 Å². The van der Waals surface area contributed by atoms with Gasteiger partial charge in [-0.05, 0) is 55.4 Å². The molecule has 2 saturated carbocycles. The van der Waals surface area contributed by atoms with Crippen molar-refractivity contribution in [3.8, 4) is 0 Å². The third kappa shape index (κ3) is 5.44. The molecule has 152 valence electrons. The van der Waals surface area contributed by atoms with Gasteiger partial charge in [-0.25, -0.2) is 4.68 Å². The molecular weight excluding hydrogens is 362 g/mol. The first-order chi connectivity index (χ1) is 13.1. The fourth-order valence-electron chi connectivity index (χ4n) is 4.40. The Morgan fingerprint density at radius 2 is 1.85 bits per heavy atom. The SMILES string of the molecule is CC(CCSc1nnnn1C)C(=O)N(C1CCCCC1)C1CCC(O)CC1. The molecule has 27 heavy (non-hydrogen) atoms. The van der Waals surface area contributed by atoms with Gasteiger partial charge >= 0.3 is 0 Å². The van der Waals surface area contributed by atoms with E-state index in [-0.39, 0.29) is 12.0 Å². The maximum Gasteiger partial charge on any atom is 0.225 e. The van der Waals surface area contributed by atoms with Crippen molar-refractivity contribution in [3.63, 3.8) is 0 Å². The first kappa shape index (κ1) is 20.6. The van der Waals surface area contributed by atoms with Crippen molar-refractivity contribution < 1.29 is 9.90 Å². The Kier molecular flexibility index (Phi) is 7.52. The minimum absolute atomic E-state index is 0.00691. The van der Waals surface area contributed by atoms with Crippen LogP contribution in [0.4, 0.5) is 0 Å². The molecule has 7 nitrogen and oxygen atoms in total. The Labute approximate surface area is 166 Å². The van der Waals surface area contributed by atoms with Gasteiger partial charge in [0.15, 0.2) is 0 Å². The second kappa shape index (κ2) is 9.87. The summed E-state index contributed by atoms with van der Waals surface area (Å²) < 4.78 is 1.67. The Balaban J connectivity index is 1.59. The van der Waals surface area contributed by atoms with Gasteiger partial charge in [-0.2, -0.15) is 0 Å². The van der Waals surface area contributed by atoms with Crippen LogP contribution in [0.15, 0.2) is 5.16 Å². The van der Waals surface area contributed by atoms with E-state index in [1.165, 1.54) is 19.3 Å². The van der Waals surface area contributed by atoms with Crippen LogP contribution in [-0.2, 0) is 11.8 Å². The van der Waals surface area contributed by atoms with Crippen molar-refractivity contribution in [2.45, 2.75) is 94.5 Å². The van der Waals surface area contributed by atoms with Crippen LogP contribution >= 0.6 is 11.8 Å². The zero-order chi connectivity index (χ0) is 19.2. The number of aryl methyl sites for hydroxylation is 1. The molecule has 0 bridgehead atoms. The van der Waals surface area contributed by atoms with E-state index in [1.807, 2.05) is 7.05 Å². The van der Waals surface area contributed by atoms with E-state index < -0.39 is 0 Å². The predicted molar refractivity (Wildman–Crippen MR) is 105 cm³/mol. The number of nitrogens with zero attached hydrogens (tertiary/aromatic N) is 5. The summed E-state index contributed by atoms with van der Waals surface area (Å²) in [4.78, 5) is 15.6. The molecule has 1 N–H and O–H groups in total.